The maximum absolute atomic E-state index is 6.09. The van der Waals surface area contributed by atoms with Crippen LogP contribution >= 0.6 is 39.1 Å². The molecule has 1 unspecified atom stereocenters. The lowest BCUT2D eigenvalue weighted by atomic mass is 9.98. The highest BCUT2D eigenvalue weighted by atomic mass is 79.9. The Morgan fingerprint density at radius 3 is 2.43 bits per heavy atom. The number of halogens is 3. The van der Waals surface area contributed by atoms with Gasteiger partial charge >= 0.3 is 0 Å². The summed E-state index contributed by atoms with van der Waals surface area (Å²) in [4.78, 5) is 0.237. The van der Waals surface area contributed by atoms with Gasteiger partial charge in [0.25, 0.3) is 0 Å². The van der Waals surface area contributed by atoms with Gasteiger partial charge in [0.2, 0.25) is 0 Å². The SMILES string of the molecule is Clc1ccc(CC(Br)c2cccc3ccccc23)cc1Cl. The van der Waals surface area contributed by atoms with E-state index in [4.69, 9.17) is 23.2 Å². The molecule has 106 valence electrons. The Bertz CT molecular complexity index is 778. The normalized spacial score (nSPS) is 12.5. The smallest absolute Gasteiger partial charge is 0.0595 e. The molecule has 0 saturated carbocycles. The Kier molecular flexibility index (Phi) is 4.54. The van der Waals surface area contributed by atoms with Gasteiger partial charge in [0.15, 0.2) is 0 Å². The van der Waals surface area contributed by atoms with E-state index >= 15 is 0 Å². The third-order valence-corrected chi connectivity index (χ3v) is 5.12. The fourth-order valence-electron chi connectivity index (χ4n) is 2.51. The third kappa shape index (κ3) is 3.26. The summed E-state index contributed by atoms with van der Waals surface area (Å²) >= 11 is 15.9. The van der Waals surface area contributed by atoms with Crippen molar-refractivity contribution in [3.63, 3.8) is 0 Å². The molecule has 0 amide bonds. The van der Waals surface area contributed by atoms with Gasteiger partial charge in [-0.25, -0.2) is 0 Å². The van der Waals surface area contributed by atoms with Crippen LogP contribution in [-0.2, 0) is 6.42 Å². The molecule has 0 heterocycles. The molecule has 3 aromatic carbocycles. The Morgan fingerprint density at radius 2 is 1.62 bits per heavy atom. The highest BCUT2D eigenvalue weighted by Gasteiger charge is 2.12. The molecule has 0 saturated heterocycles. The molecular weight excluding hydrogens is 367 g/mol. The van der Waals surface area contributed by atoms with Crippen molar-refractivity contribution in [3.8, 4) is 0 Å². The Morgan fingerprint density at radius 1 is 0.857 bits per heavy atom. The zero-order valence-electron chi connectivity index (χ0n) is 11.2. The molecule has 0 aliphatic heterocycles. The zero-order chi connectivity index (χ0) is 14.8. The lowest BCUT2D eigenvalue weighted by molar-refractivity contribution is 0.958. The van der Waals surface area contributed by atoms with Crippen LogP contribution in [0.3, 0.4) is 0 Å². The van der Waals surface area contributed by atoms with Crippen LogP contribution in [0.2, 0.25) is 10.0 Å². The number of fused-ring (bicyclic) bond motifs is 1. The van der Waals surface area contributed by atoms with E-state index in [0.29, 0.717) is 10.0 Å². The van der Waals surface area contributed by atoms with Crippen molar-refractivity contribution in [1.82, 2.24) is 0 Å². The van der Waals surface area contributed by atoms with Gasteiger partial charge in [0.1, 0.15) is 0 Å². The van der Waals surface area contributed by atoms with Crippen LogP contribution in [0.25, 0.3) is 10.8 Å². The van der Waals surface area contributed by atoms with Crippen molar-refractivity contribution in [2.45, 2.75) is 11.2 Å². The first kappa shape index (κ1) is 14.9. The van der Waals surface area contributed by atoms with E-state index in [1.165, 1.54) is 21.9 Å². The Balaban J connectivity index is 1.93. The van der Waals surface area contributed by atoms with Crippen molar-refractivity contribution >= 4 is 49.9 Å². The summed E-state index contributed by atoms with van der Waals surface area (Å²) in [6.45, 7) is 0. The van der Waals surface area contributed by atoms with E-state index in [1.54, 1.807) is 0 Å². The largest absolute Gasteiger partial charge is 0.0835 e. The minimum atomic E-state index is 0.237. The Hall–Kier alpha value is -1.02. The molecular formula is C18H13BrCl2. The molecule has 3 heteroatoms. The van der Waals surface area contributed by atoms with Crippen molar-refractivity contribution < 1.29 is 0 Å². The molecule has 3 rings (SSSR count). The summed E-state index contributed by atoms with van der Waals surface area (Å²) in [5.41, 5.74) is 2.46. The summed E-state index contributed by atoms with van der Waals surface area (Å²) in [7, 11) is 0. The van der Waals surface area contributed by atoms with Gasteiger partial charge in [0, 0.05) is 4.83 Å². The number of alkyl halides is 1. The molecule has 0 nitrogen and oxygen atoms in total. The summed E-state index contributed by atoms with van der Waals surface area (Å²) < 4.78 is 0. The molecule has 0 fully saturated rings. The number of benzene rings is 3. The lowest BCUT2D eigenvalue weighted by Crippen LogP contribution is -1.96. The van der Waals surface area contributed by atoms with Crippen molar-refractivity contribution in [2.24, 2.45) is 0 Å². The maximum Gasteiger partial charge on any atom is 0.0595 e. The van der Waals surface area contributed by atoms with E-state index in [9.17, 15) is 0 Å². The van der Waals surface area contributed by atoms with E-state index < -0.39 is 0 Å². The number of hydrogen-bond acceptors (Lipinski definition) is 0. The van der Waals surface area contributed by atoms with Gasteiger partial charge in [0.05, 0.1) is 10.0 Å². The fraction of sp³-hybridized carbons (Fsp3) is 0.111. The highest BCUT2D eigenvalue weighted by molar-refractivity contribution is 9.09. The molecule has 0 spiro atoms. The van der Waals surface area contributed by atoms with Crippen LogP contribution in [0.4, 0.5) is 0 Å². The van der Waals surface area contributed by atoms with Crippen molar-refractivity contribution in [1.29, 1.82) is 0 Å². The second kappa shape index (κ2) is 6.39. The molecule has 0 N–H and O–H groups in total. The fourth-order valence-corrected chi connectivity index (χ4v) is 3.60. The molecule has 0 bridgehead atoms. The van der Waals surface area contributed by atoms with Gasteiger partial charge in [-0.3, -0.25) is 0 Å². The van der Waals surface area contributed by atoms with Gasteiger partial charge in [-0.15, -0.1) is 0 Å². The average molecular weight is 380 g/mol. The predicted octanol–water partition coefficient (Wildman–Crippen LogP) is 6.83. The second-order valence-corrected chi connectivity index (χ2v) is 6.91. The van der Waals surface area contributed by atoms with Gasteiger partial charge in [-0.2, -0.15) is 0 Å². The quantitative estimate of drug-likeness (QED) is 0.437. The lowest BCUT2D eigenvalue weighted by Gasteiger charge is -2.14. The van der Waals surface area contributed by atoms with E-state index in [2.05, 4.69) is 58.4 Å². The van der Waals surface area contributed by atoms with Gasteiger partial charge in [-0.05, 0) is 40.5 Å². The van der Waals surface area contributed by atoms with Crippen LogP contribution in [0.5, 0.6) is 0 Å². The monoisotopic (exact) mass is 378 g/mol. The molecule has 0 aliphatic rings. The van der Waals surface area contributed by atoms with E-state index in [0.717, 1.165) is 6.42 Å². The van der Waals surface area contributed by atoms with Gasteiger partial charge in [-0.1, -0.05) is 87.7 Å². The highest BCUT2D eigenvalue weighted by Crippen LogP contribution is 2.33. The Labute approximate surface area is 142 Å². The molecule has 0 radical (unpaired) electrons. The third-order valence-electron chi connectivity index (χ3n) is 3.56. The molecule has 3 aromatic rings. The first-order valence-corrected chi connectivity index (χ1v) is 8.38. The maximum atomic E-state index is 6.09. The van der Waals surface area contributed by atoms with Crippen LogP contribution < -0.4 is 0 Å². The summed E-state index contributed by atoms with van der Waals surface area (Å²) in [6, 6.07) is 20.6. The zero-order valence-corrected chi connectivity index (χ0v) is 14.3. The van der Waals surface area contributed by atoms with Crippen LogP contribution in [0.15, 0.2) is 60.7 Å². The minimum Gasteiger partial charge on any atom is -0.0835 e. The van der Waals surface area contributed by atoms with Crippen molar-refractivity contribution in [2.75, 3.05) is 0 Å². The molecule has 0 aromatic heterocycles. The number of hydrogen-bond donors (Lipinski definition) is 0. The standard InChI is InChI=1S/C18H13BrCl2/c19-16(10-12-8-9-17(20)18(21)11-12)15-7-3-5-13-4-1-2-6-14(13)15/h1-9,11,16H,10H2. The molecule has 0 aliphatic carbocycles. The summed E-state index contributed by atoms with van der Waals surface area (Å²) in [5, 5.41) is 3.74. The first-order valence-electron chi connectivity index (χ1n) is 6.71. The minimum absolute atomic E-state index is 0.237. The second-order valence-electron chi connectivity index (χ2n) is 4.99. The predicted molar refractivity (Wildman–Crippen MR) is 95.8 cm³/mol. The van der Waals surface area contributed by atoms with E-state index in [-0.39, 0.29) is 4.83 Å². The van der Waals surface area contributed by atoms with Crippen LogP contribution in [0.1, 0.15) is 16.0 Å². The summed E-state index contributed by atoms with van der Waals surface area (Å²) in [5.74, 6) is 0. The van der Waals surface area contributed by atoms with Crippen molar-refractivity contribution in [3.05, 3.63) is 81.8 Å². The van der Waals surface area contributed by atoms with Crippen LogP contribution in [-0.4, -0.2) is 0 Å². The van der Waals surface area contributed by atoms with E-state index in [1.807, 2.05) is 18.2 Å². The molecule has 21 heavy (non-hydrogen) atoms. The molecule has 1 atom stereocenters. The average Bonchev–Trinajstić information content (AvgIpc) is 2.50. The van der Waals surface area contributed by atoms with Crippen LogP contribution in [0, 0.1) is 0 Å². The van der Waals surface area contributed by atoms with Gasteiger partial charge < -0.3 is 0 Å². The topological polar surface area (TPSA) is 0 Å². The first-order chi connectivity index (χ1) is 10.1. The number of rotatable bonds is 3. The summed E-state index contributed by atoms with van der Waals surface area (Å²) in [6.07, 6.45) is 0.866.